The Bertz CT molecular complexity index is 75.2. The van der Waals surface area contributed by atoms with E-state index in [0.717, 1.165) is 12.0 Å². The average molecular weight is 125 g/mol. The lowest BCUT2D eigenvalue weighted by atomic mass is 9.87. The van der Waals surface area contributed by atoms with Gasteiger partial charge in [0.2, 0.25) is 0 Å². The van der Waals surface area contributed by atoms with Crippen molar-refractivity contribution >= 4 is 0 Å². The molecule has 1 nitrogen and oxygen atoms in total. The summed E-state index contributed by atoms with van der Waals surface area (Å²) in [5, 5.41) is 3.57. The zero-order valence-corrected chi connectivity index (χ0v) is 5.90. The maximum atomic E-state index is 3.57. The third-order valence-corrected chi connectivity index (χ3v) is 2.83. The topological polar surface area (TPSA) is 12.0 Å². The second kappa shape index (κ2) is 2.30. The molecule has 52 valence electrons. The van der Waals surface area contributed by atoms with Crippen LogP contribution < -0.4 is 5.32 Å². The summed E-state index contributed by atoms with van der Waals surface area (Å²) in [6.45, 7) is 1.29. The number of fused-ring (bicyclic) bond motifs is 4. The molecule has 0 unspecified atom stereocenters. The molecule has 1 aliphatic carbocycles. The minimum atomic E-state index is 0.892. The quantitative estimate of drug-likeness (QED) is 0.518. The van der Waals surface area contributed by atoms with Crippen molar-refractivity contribution < 1.29 is 0 Å². The summed E-state index contributed by atoms with van der Waals surface area (Å²) in [6, 6.07) is 0.892. The molecule has 2 aliphatic heterocycles. The summed E-state index contributed by atoms with van der Waals surface area (Å²) < 4.78 is 0. The Kier molecular flexibility index (Phi) is 1.46. The van der Waals surface area contributed by atoms with Crippen molar-refractivity contribution in [3.63, 3.8) is 0 Å². The third-order valence-electron chi connectivity index (χ3n) is 2.83. The molecule has 1 saturated carbocycles. The van der Waals surface area contributed by atoms with Gasteiger partial charge in [0.25, 0.3) is 0 Å². The maximum Gasteiger partial charge on any atom is 0.00672 e. The lowest BCUT2D eigenvalue weighted by molar-refractivity contribution is 0.344. The first-order valence-electron chi connectivity index (χ1n) is 4.18. The first-order chi connectivity index (χ1) is 4.45. The van der Waals surface area contributed by atoms with E-state index in [4.69, 9.17) is 0 Å². The molecule has 3 fully saturated rings. The summed E-state index contributed by atoms with van der Waals surface area (Å²) in [6.07, 6.45) is 7.33. The lowest BCUT2D eigenvalue weighted by Crippen LogP contribution is -2.27. The summed E-state index contributed by atoms with van der Waals surface area (Å²) in [7, 11) is 0. The fourth-order valence-corrected chi connectivity index (χ4v) is 2.15. The molecule has 3 rings (SSSR count). The van der Waals surface area contributed by atoms with Gasteiger partial charge in [-0.3, -0.25) is 0 Å². The number of hydrogen-bond donors (Lipinski definition) is 1. The molecular weight excluding hydrogens is 110 g/mol. The SMILES string of the molecule is C1CC2CCC(CC2)N1. The zero-order chi connectivity index (χ0) is 6.10. The highest BCUT2D eigenvalue weighted by Crippen LogP contribution is 2.29. The summed E-state index contributed by atoms with van der Waals surface area (Å²) in [5.41, 5.74) is 0. The molecule has 0 amide bonds. The molecular formula is C8H15N. The predicted octanol–water partition coefficient (Wildman–Crippen LogP) is 1.54. The Balaban J connectivity index is 2.03. The van der Waals surface area contributed by atoms with E-state index in [1.54, 1.807) is 0 Å². The highest BCUT2D eigenvalue weighted by atomic mass is 14.9. The van der Waals surface area contributed by atoms with E-state index in [1.807, 2.05) is 0 Å². The standard InChI is InChI=1S/C8H15N/c1-3-8-4-2-7(1)5-6-9-8/h7-9H,1-6H2. The van der Waals surface area contributed by atoms with Crippen LogP contribution in [0.5, 0.6) is 0 Å². The van der Waals surface area contributed by atoms with Gasteiger partial charge in [-0.15, -0.1) is 0 Å². The van der Waals surface area contributed by atoms with E-state index in [1.165, 1.54) is 38.6 Å². The van der Waals surface area contributed by atoms with Gasteiger partial charge in [-0.05, 0) is 44.6 Å². The summed E-state index contributed by atoms with van der Waals surface area (Å²) in [5.74, 6) is 1.08. The van der Waals surface area contributed by atoms with Gasteiger partial charge in [-0.2, -0.15) is 0 Å². The van der Waals surface area contributed by atoms with Gasteiger partial charge in [0.05, 0.1) is 0 Å². The highest BCUT2D eigenvalue weighted by Gasteiger charge is 2.23. The molecule has 9 heavy (non-hydrogen) atoms. The monoisotopic (exact) mass is 125 g/mol. The number of rotatable bonds is 0. The maximum absolute atomic E-state index is 3.57. The van der Waals surface area contributed by atoms with Gasteiger partial charge in [-0.1, -0.05) is 0 Å². The minimum absolute atomic E-state index is 0.892. The molecule has 0 aromatic heterocycles. The minimum Gasteiger partial charge on any atom is -0.314 e. The third kappa shape index (κ3) is 1.11. The van der Waals surface area contributed by atoms with Crippen molar-refractivity contribution in [2.75, 3.05) is 6.54 Å². The van der Waals surface area contributed by atoms with Crippen molar-refractivity contribution in [1.29, 1.82) is 0 Å². The normalized spacial score (nSPS) is 42.7. The van der Waals surface area contributed by atoms with Crippen molar-refractivity contribution in [3.05, 3.63) is 0 Å². The summed E-state index contributed by atoms with van der Waals surface area (Å²) in [4.78, 5) is 0. The van der Waals surface area contributed by atoms with Crippen LogP contribution in [0.2, 0.25) is 0 Å². The second-order valence-electron chi connectivity index (χ2n) is 3.46. The Hall–Kier alpha value is -0.0400. The summed E-state index contributed by atoms with van der Waals surface area (Å²) >= 11 is 0. The smallest absolute Gasteiger partial charge is 0.00672 e. The van der Waals surface area contributed by atoms with Crippen LogP contribution in [0.3, 0.4) is 0 Å². The predicted molar refractivity (Wildman–Crippen MR) is 38.4 cm³/mol. The number of hydrogen-bond acceptors (Lipinski definition) is 1. The second-order valence-corrected chi connectivity index (χ2v) is 3.46. The van der Waals surface area contributed by atoms with Gasteiger partial charge in [0, 0.05) is 6.04 Å². The molecule has 0 spiro atoms. The molecule has 0 aromatic rings. The van der Waals surface area contributed by atoms with Crippen molar-refractivity contribution in [1.82, 2.24) is 5.32 Å². The van der Waals surface area contributed by atoms with Crippen molar-refractivity contribution in [2.45, 2.75) is 38.1 Å². The van der Waals surface area contributed by atoms with E-state index in [-0.39, 0.29) is 0 Å². The van der Waals surface area contributed by atoms with E-state index < -0.39 is 0 Å². The average Bonchev–Trinajstić information content (AvgIpc) is 2.21. The van der Waals surface area contributed by atoms with Gasteiger partial charge < -0.3 is 5.32 Å². The molecule has 0 atom stereocenters. The Morgan fingerprint density at radius 1 is 0.889 bits per heavy atom. The molecule has 0 aromatic carbocycles. The first kappa shape index (κ1) is 5.72. The molecule has 3 aliphatic rings. The van der Waals surface area contributed by atoms with Crippen LogP contribution in [0.25, 0.3) is 0 Å². The van der Waals surface area contributed by atoms with Crippen LogP contribution in [-0.2, 0) is 0 Å². The molecule has 2 heterocycles. The van der Waals surface area contributed by atoms with Gasteiger partial charge >= 0.3 is 0 Å². The van der Waals surface area contributed by atoms with Crippen LogP contribution in [0, 0.1) is 5.92 Å². The van der Waals surface area contributed by atoms with Crippen molar-refractivity contribution in [3.8, 4) is 0 Å². The van der Waals surface area contributed by atoms with Crippen LogP contribution in [0.4, 0.5) is 0 Å². The van der Waals surface area contributed by atoms with Crippen LogP contribution in [0.1, 0.15) is 32.1 Å². The Morgan fingerprint density at radius 2 is 1.67 bits per heavy atom. The Morgan fingerprint density at radius 3 is 2.44 bits per heavy atom. The molecule has 1 N–H and O–H groups in total. The van der Waals surface area contributed by atoms with Crippen molar-refractivity contribution in [2.24, 2.45) is 5.92 Å². The van der Waals surface area contributed by atoms with Gasteiger partial charge in [-0.25, -0.2) is 0 Å². The van der Waals surface area contributed by atoms with Crippen LogP contribution in [0.15, 0.2) is 0 Å². The highest BCUT2D eigenvalue weighted by molar-refractivity contribution is 4.81. The van der Waals surface area contributed by atoms with Gasteiger partial charge in [0.1, 0.15) is 0 Å². The molecule has 2 saturated heterocycles. The van der Waals surface area contributed by atoms with E-state index in [0.29, 0.717) is 0 Å². The molecule has 1 heteroatoms. The van der Waals surface area contributed by atoms with Gasteiger partial charge in [0.15, 0.2) is 0 Å². The number of nitrogens with one attached hydrogen (secondary N) is 1. The molecule has 0 radical (unpaired) electrons. The lowest BCUT2D eigenvalue weighted by Gasteiger charge is -2.22. The fourth-order valence-electron chi connectivity index (χ4n) is 2.15. The van der Waals surface area contributed by atoms with E-state index in [9.17, 15) is 0 Å². The fraction of sp³-hybridized carbons (Fsp3) is 1.00. The molecule has 2 bridgehead atoms. The van der Waals surface area contributed by atoms with Crippen LogP contribution >= 0.6 is 0 Å². The zero-order valence-electron chi connectivity index (χ0n) is 5.90. The first-order valence-corrected chi connectivity index (χ1v) is 4.18. The van der Waals surface area contributed by atoms with E-state index in [2.05, 4.69) is 5.32 Å². The van der Waals surface area contributed by atoms with Crippen LogP contribution in [-0.4, -0.2) is 12.6 Å². The Labute approximate surface area is 56.8 Å². The van der Waals surface area contributed by atoms with E-state index >= 15 is 0 Å². The largest absolute Gasteiger partial charge is 0.314 e.